The van der Waals surface area contributed by atoms with Crippen LogP contribution >= 0.6 is 15.9 Å². The molecular weight excluding hydrogens is 514 g/mol. The summed E-state index contributed by atoms with van der Waals surface area (Å²) in [5.74, 6) is -0.0965. The van der Waals surface area contributed by atoms with Crippen LogP contribution in [-0.4, -0.2) is 31.4 Å². The van der Waals surface area contributed by atoms with E-state index in [9.17, 15) is 13.2 Å². The van der Waals surface area contributed by atoms with Crippen LogP contribution in [-0.2, 0) is 21.4 Å². The molecule has 0 radical (unpaired) electrons. The number of halogens is 1. The first-order valence-electron chi connectivity index (χ1n) is 10.9. The zero-order valence-electron chi connectivity index (χ0n) is 19.4. The minimum Gasteiger partial charge on any atom is -0.272 e. The Morgan fingerprint density at radius 1 is 1.00 bits per heavy atom. The van der Waals surface area contributed by atoms with Crippen LogP contribution in [0.25, 0.3) is 0 Å². The van der Waals surface area contributed by atoms with Gasteiger partial charge in [-0.25, -0.2) is 13.8 Å². The third-order valence-corrected chi connectivity index (χ3v) is 7.59. The van der Waals surface area contributed by atoms with Gasteiger partial charge in [0.15, 0.2) is 0 Å². The molecule has 8 heteroatoms. The number of sulfonamides is 1. The lowest BCUT2D eigenvalue weighted by atomic mass is 10.0. The molecular formula is C26H28BrN3O3S. The molecule has 3 aromatic carbocycles. The van der Waals surface area contributed by atoms with E-state index in [-0.39, 0.29) is 18.0 Å². The maximum Gasteiger partial charge on any atom is 0.255 e. The number of carbonyl (C=O) groups is 1. The summed E-state index contributed by atoms with van der Waals surface area (Å²) in [5, 5.41) is 4.00. The molecule has 0 atom stereocenters. The van der Waals surface area contributed by atoms with Crippen molar-refractivity contribution in [1.82, 2.24) is 9.73 Å². The SMILES string of the molecule is Cc1ccc(S(=O)(=O)N(CC(=O)N/N=C\c2ccc(C(C)C)cc2)Cc2ccc(Br)cc2)cc1. The molecule has 1 amide bonds. The number of benzene rings is 3. The van der Waals surface area contributed by atoms with Crippen LogP contribution in [0.5, 0.6) is 0 Å². The molecule has 34 heavy (non-hydrogen) atoms. The summed E-state index contributed by atoms with van der Waals surface area (Å²) < 4.78 is 28.7. The van der Waals surface area contributed by atoms with E-state index in [1.54, 1.807) is 24.3 Å². The van der Waals surface area contributed by atoms with Gasteiger partial charge in [0.05, 0.1) is 17.7 Å². The highest BCUT2D eigenvalue weighted by Crippen LogP contribution is 2.20. The first kappa shape index (κ1) is 25.8. The number of carbonyl (C=O) groups excluding carboxylic acids is 1. The molecule has 0 aliphatic heterocycles. The Labute approximate surface area is 209 Å². The summed E-state index contributed by atoms with van der Waals surface area (Å²) in [5.41, 5.74) is 6.21. The second-order valence-corrected chi connectivity index (χ2v) is 11.2. The molecule has 3 aromatic rings. The number of aryl methyl sites for hydroxylation is 1. The fourth-order valence-corrected chi connectivity index (χ4v) is 4.87. The van der Waals surface area contributed by atoms with Crippen LogP contribution in [0.1, 0.15) is 42.0 Å². The molecule has 0 saturated heterocycles. The summed E-state index contributed by atoms with van der Waals surface area (Å²) in [4.78, 5) is 12.8. The number of nitrogens with zero attached hydrogens (tertiary/aromatic N) is 2. The van der Waals surface area contributed by atoms with Gasteiger partial charge in [0.2, 0.25) is 10.0 Å². The number of nitrogens with one attached hydrogen (secondary N) is 1. The second kappa shape index (κ2) is 11.6. The van der Waals surface area contributed by atoms with E-state index in [0.717, 1.165) is 25.5 Å². The molecule has 0 aliphatic rings. The lowest BCUT2D eigenvalue weighted by Gasteiger charge is -2.21. The van der Waals surface area contributed by atoms with Crippen molar-refractivity contribution in [3.8, 4) is 0 Å². The largest absolute Gasteiger partial charge is 0.272 e. The monoisotopic (exact) mass is 541 g/mol. The highest BCUT2D eigenvalue weighted by molar-refractivity contribution is 9.10. The molecule has 0 saturated carbocycles. The average molecular weight is 542 g/mol. The predicted molar refractivity (Wildman–Crippen MR) is 139 cm³/mol. The van der Waals surface area contributed by atoms with Gasteiger partial charge in [-0.3, -0.25) is 4.79 Å². The summed E-state index contributed by atoms with van der Waals surface area (Å²) >= 11 is 3.38. The van der Waals surface area contributed by atoms with Crippen LogP contribution in [0, 0.1) is 6.92 Å². The first-order valence-corrected chi connectivity index (χ1v) is 13.1. The van der Waals surface area contributed by atoms with Crippen molar-refractivity contribution in [2.24, 2.45) is 5.10 Å². The fraction of sp³-hybridized carbons (Fsp3) is 0.231. The van der Waals surface area contributed by atoms with Crippen LogP contribution in [0.4, 0.5) is 0 Å². The Kier molecular flexibility index (Phi) is 8.77. The van der Waals surface area contributed by atoms with Crippen molar-refractivity contribution in [2.75, 3.05) is 6.54 Å². The normalized spacial score (nSPS) is 11.9. The molecule has 0 unspecified atom stereocenters. The molecule has 1 N–H and O–H groups in total. The van der Waals surface area contributed by atoms with E-state index in [0.29, 0.717) is 5.92 Å². The zero-order valence-corrected chi connectivity index (χ0v) is 21.8. The number of hydrogen-bond donors (Lipinski definition) is 1. The number of hydrazone groups is 1. The Hall–Kier alpha value is -2.81. The standard InChI is InChI=1S/C26H28BrN3O3S/c1-19(2)23-10-6-21(7-11-23)16-28-29-26(31)18-30(17-22-8-12-24(27)13-9-22)34(32,33)25-14-4-20(3)5-15-25/h4-16,19H,17-18H2,1-3H3,(H,29,31)/b28-16-. The molecule has 3 rings (SSSR count). The lowest BCUT2D eigenvalue weighted by Crippen LogP contribution is -2.39. The summed E-state index contributed by atoms with van der Waals surface area (Å²) in [6.45, 7) is 5.81. The summed E-state index contributed by atoms with van der Waals surface area (Å²) in [7, 11) is -3.90. The topological polar surface area (TPSA) is 78.8 Å². The van der Waals surface area contributed by atoms with Crippen LogP contribution < -0.4 is 5.43 Å². The van der Waals surface area contributed by atoms with E-state index in [2.05, 4.69) is 40.3 Å². The maximum absolute atomic E-state index is 13.3. The van der Waals surface area contributed by atoms with Gasteiger partial charge >= 0.3 is 0 Å². The number of amides is 1. The quantitative estimate of drug-likeness (QED) is 0.298. The van der Waals surface area contributed by atoms with Crippen molar-refractivity contribution >= 4 is 38.1 Å². The Bertz CT molecular complexity index is 1240. The van der Waals surface area contributed by atoms with E-state index in [1.807, 2.05) is 55.5 Å². The highest BCUT2D eigenvalue weighted by atomic mass is 79.9. The average Bonchev–Trinajstić information content (AvgIpc) is 2.80. The third kappa shape index (κ3) is 7.09. The molecule has 0 fully saturated rings. The van der Waals surface area contributed by atoms with Crippen LogP contribution in [0.2, 0.25) is 0 Å². The van der Waals surface area contributed by atoms with E-state index in [4.69, 9.17) is 0 Å². The minimum absolute atomic E-state index is 0.0529. The Balaban J connectivity index is 1.75. The van der Waals surface area contributed by atoms with Gasteiger partial charge in [0, 0.05) is 11.0 Å². The maximum atomic E-state index is 13.3. The van der Waals surface area contributed by atoms with Gasteiger partial charge in [-0.15, -0.1) is 0 Å². The highest BCUT2D eigenvalue weighted by Gasteiger charge is 2.27. The number of rotatable bonds is 9. The molecule has 0 bridgehead atoms. The van der Waals surface area contributed by atoms with Crippen molar-refractivity contribution < 1.29 is 13.2 Å². The van der Waals surface area contributed by atoms with Crippen LogP contribution in [0.15, 0.2) is 87.3 Å². The van der Waals surface area contributed by atoms with E-state index < -0.39 is 15.9 Å². The van der Waals surface area contributed by atoms with E-state index in [1.165, 1.54) is 11.8 Å². The molecule has 0 heterocycles. The van der Waals surface area contributed by atoms with Crippen molar-refractivity contribution in [1.29, 1.82) is 0 Å². The number of hydrogen-bond acceptors (Lipinski definition) is 4. The van der Waals surface area contributed by atoms with Crippen LogP contribution in [0.3, 0.4) is 0 Å². The minimum atomic E-state index is -3.90. The first-order chi connectivity index (χ1) is 16.1. The van der Waals surface area contributed by atoms with Gasteiger partial charge < -0.3 is 0 Å². The second-order valence-electron chi connectivity index (χ2n) is 8.33. The smallest absolute Gasteiger partial charge is 0.255 e. The molecule has 0 spiro atoms. The van der Waals surface area contributed by atoms with Gasteiger partial charge in [-0.05, 0) is 53.8 Å². The van der Waals surface area contributed by atoms with E-state index >= 15 is 0 Å². The summed E-state index contributed by atoms with van der Waals surface area (Å²) in [6, 6.07) is 21.8. The predicted octanol–water partition coefficient (Wildman–Crippen LogP) is 5.22. The Morgan fingerprint density at radius 2 is 1.62 bits per heavy atom. The van der Waals surface area contributed by atoms with Gasteiger partial charge in [0.1, 0.15) is 0 Å². The third-order valence-electron chi connectivity index (χ3n) is 5.26. The lowest BCUT2D eigenvalue weighted by molar-refractivity contribution is -0.121. The molecule has 178 valence electrons. The van der Waals surface area contributed by atoms with Crippen molar-refractivity contribution in [3.05, 3.63) is 99.5 Å². The fourth-order valence-electron chi connectivity index (χ4n) is 3.22. The zero-order chi connectivity index (χ0) is 24.7. The van der Waals surface area contributed by atoms with Gasteiger partial charge in [0.25, 0.3) is 5.91 Å². The molecule has 6 nitrogen and oxygen atoms in total. The Morgan fingerprint density at radius 3 is 2.21 bits per heavy atom. The van der Waals surface area contributed by atoms with Gasteiger partial charge in [-0.2, -0.15) is 9.41 Å². The molecule has 0 aromatic heterocycles. The molecule has 0 aliphatic carbocycles. The van der Waals surface area contributed by atoms with Crippen molar-refractivity contribution in [2.45, 2.75) is 38.1 Å². The van der Waals surface area contributed by atoms with Gasteiger partial charge in [-0.1, -0.05) is 83.9 Å². The van der Waals surface area contributed by atoms with Crippen molar-refractivity contribution in [3.63, 3.8) is 0 Å². The summed E-state index contributed by atoms with van der Waals surface area (Å²) in [6.07, 6.45) is 1.54.